The van der Waals surface area contributed by atoms with E-state index in [1.165, 1.54) is 6.92 Å². The highest BCUT2D eigenvalue weighted by Gasteiger charge is 2.20. The molecule has 6 heteroatoms. The zero-order chi connectivity index (χ0) is 18.1. The van der Waals surface area contributed by atoms with E-state index in [0.29, 0.717) is 6.42 Å². The number of nitrogens with one attached hydrogen (secondary N) is 3. The predicted molar refractivity (Wildman–Crippen MR) is 92.7 cm³/mol. The molecule has 1 rings (SSSR count). The van der Waals surface area contributed by atoms with Crippen molar-refractivity contribution in [2.75, 3.05) is 20.1 Å². The first kappa shape index (κ1) is 19.8. The Kier molecular flexibility index (Phi) is 8.12. The van der Waals surface area contributed by atoms with E-state index >= 15 is 0 Å². The molecule has 24 heavy (non-hydrogen) atoms. The summed E-state index contributed by atoms with van der Waals surface area (Å²) in [6.07, 6.45) is 0.467. The SMILES string of the molecule is CC(=O)[C@@H](Cc1ccccc1)NC(=O)C[NH+](C)CC(=O)NC(C)C. The molecule has 6 nitrogen and oxygen atoms in total. The van der Waals surface area contributed by atoms with Gasteiger partial charge in [-0.05, 0) is 32.8 Å². The summed E-state index contributed by atoms with van der Waals surface area (Å²) in [6, 6.07) is 9.10. The summed E-state index contributed by atoms with van der Waals surface area (Å²) in [5.74, 6) is -0.411. The molecular weight excluding hydrogens is 306 g/mol. The summed E-state index contributed by atoms with van der Waals surface area (Å²) in [4.78, 5) is 36.4. The highest BCUT2D eigenvalue weighted by Crippen LogP contribution is 2.03. The molecule has 0 spiro atoms. The molecule has 1 unspecified atom stereocenters. The maximum Gasteiger partial charge on any atom is 0.275 e. The molecule has 0 aliphatic rings. The van der Waals surface area contributed by atoms with E-state index in [4.69, 9.17) is 0 Å². The molecule has 0 aromatic heterocycles. The van der Waals surface area contributed by atoms with Crippen molar-refractivity contribution in [2.45, 2.75) is 39.3 Å². The number of quaternary nitrogens is 1. The van der Waals surface area contributed by atoms with Gasteiger partial charge in [-0.3, -0.25) is 14.4 Å². The molecule has 0 fully saturated rings. The Morgan fingerprint density at radius 1 is 1.00 bits per heavy atom. The average Bonchev–Trinajstić information content (AvgIpc) is 2.46. The van der Waals surface area contributed by atoms with Gasteiger partial charge in [0.15, 0.2) is 18.9 Å². The monoisotopic (exact) mass is 334 g/mol. The van der Waals surface area contributed by atoms with Crippen molar-refractivity contribution in [1.29, 1.82) is 0 Å². The zero-order valence-corrected chi connectivity index (χ0v) is 14.9. The minimum absolute atomic E-state index is 0.0760. The molecule has 132 valence electrons. The Hall–Kier alpha value is -2.21. The lowest BCUT2D eigenvalue weighted by Gasteiger charge is -2.18. The average molecular weight is 334 g/mol. The van der Waals surface area contributed by atoms with Crippen molar-refractivity contribution >= 4 is 17.6 Å². The Balaban J connectivity index is 2.50. The Morgan fingerprint density at radius 3 is 2.04 bits per heavy atom. The molecule has 2 atom stereocenters. The largest absolute Gasteiger partial charge is 0.349 e. The van der Waals surface area contributed by atoms with Crippen LogP contribution in [0.5, 0.6) is 0 Å². The Bertz CT molecular complexity index is 558. The van der Waals surface area contributed by atoms with Crippen LogP contribution >= 0.6 is 0 Å². The van der Waals surface area contributed by atoms with E-state index in [2.05, 4.69) is 10.6 Å². The van der Waals surface area contributed by atoms with Crippen LogP contribution in [0.25, 0.3) is 0 Å². The van der Waals surface area contributed by atoms with E-state index in [9.17, 15) is 14.4 Å². The molecule has 0 heterocycles. The highest BCUT2D eigenvalue weighted by atomic mass is 16.2. The first-order valence-corrected chi connectivity index (χ1v) is 8.22. The van der Waals surface area contributed by atoms with Crippen LogP contribution in [-0.4, -0.2) is 49.8 Å². The number of carbonyl (C=O) groups excluding carboxylic acids is 3. The van der Waals surface area contributed by atoms with Gasteiger partial charge in [0.2, 0.25) is 0 Å². The summed E-state index contributed by atoms with van der Waals surface area (Å²) < 4.78 is 0. The lowest BCUT2D eigenvalue weighted by atomic mass is 10.0. The lowest BCUT2D eigenvalue weighted by molar-refractivity contribution is -0.862. The third-order valence-corrected chi connectivity index (χ3v) is 3.48. The van der Waals surface area contributed by atoms with Crippen molar-refractivity contribution in [3.8, 4) is 0 Å². The zero-order valence-electron chi connectivity index (χ0n) is 14.9. The minimum Gasteiger partial charge on any atom is -0.349 e. The van der Waals surface area contributed by atoms with Crippen LogP contribution in [0.2, 0.25) is 0 Å². The fraction of sp³-hybridized carbons (Fsp3) is 0.500. The first-order chi connectivity index (χ1) is 11.3. The number of amides is 2. The quantitative estimate of drug-likeness (QED) is 0.561. The summed E-state index contributed by atoms with van der Waals surface area (Å²) in [5, 5.41) is 5.56. The van der Waals surface area contributed by atoms with Gasteiger partial charge in [-0.25, -0.2) is 0 Å². The van der Waals surface area contributed by atoms with E-state index < -0.39 is 6.04 Å². The number of ketones is 1. The fourth-order valence-electron chi connectivity index (χ4n) is 2.38. The molecule has 2 amide bonds. The normalized spacial score (nSPS) is 13.2. The van der Waals surface area contributed by atoms with Crippen LogP contribution in [0.15, 0.2) is 30.3 Å². The number of Topliss-reactive ketones (excluding diaryl/α,β-unsaturated/α-hetero) is 1. The maximum atomic E-state index is 12.1. The second-order valence-corrected chi connectivity index (χ2v) is 6.45. The van der Waals surface area contributed by atoms with E-state index in [0.717, 1.165) is 10.5 Å². The molecule has 1 aromatic carbocycles. The summed E-state index contributed by atoms with van der Waals surface area (Å²) in [7, 11) is 1.78. The van der Waals surface area contributed by atoms with Gasteiger partial charge in [-0.2, -0.15) is 0 Å². The molecule has 0 aliphatic heterocycles. The Morgan fingerprint density at radius 2 is 1.54 bits per heavy atom. The van der Waals surface area contributed by atoms with Crippen LogP contribution in [0.3, 0.4) is 0 Å². The molecular formula is C18H28N3O3+. The molecule has 0 saturated carbocycles. The van der Waals surface area contributed by atoms with E-state index in [1.807, 2.05) is 44.2 Å². The Labute approximate surface area is 143 Å². The van der Waals surface area contributed by atoms with Crippen molar-refractivity contribution in [3.63, 3.8) is 0 Å². The minimum atomic E-state index is -0.544. The van der Waals surface area contributed by atoms with Gasteiger partial charge in [0, 0.05) is 6.04 Å². The summed E-state index contributed by atoms with van der Waals surface area (Å²) in [6.45, 7) is 5.61. The number of benzene rings is 1. The van der Waals surface area contributed by atoms with Crippen LogP contribution in [0.1, 0.15) is 26.3 Å². The van der Waals surface area contributed by atoms with Crippen LogP contribution in [0.4, 0.5) is 0 Å². The lowest BCUT2D eigenvalue weighted by Crippen LogP contribution is -3.11. The molecule has 0 bridgehead atoms. The molecule has 0 saturated heterocycles. The topological polar surface area (TPSA) is 79.7 Å². The van der Waals surface area contributed by atoms with Gasteiger partial charge in [-0.15, -0.1) is 0 Å². The van der Waals surface area contributed by atoms with Crippen molar-refractivity contribution in [3.05, 3.63) is 35.9 Å². The van der Waals surface area contributed by atoms with Gasteiger partial charge in [0.1, 0.15) is 0 Å². The summed E-state index contributed by atoms with van der Waals surface area (Å²) in [5.41, 5.74) is 0.995. The van der Waals surface area contributed by atoms with Gasteiger partial charge >= 0.3 is 0 Å². The maximum absolute atomic E-state index is 12.1. The van der Waals surface area contributed by atoms with Crippen LogP contribution in [-0.2, 0) is 20.8 Å². The number of carbonyl (C=O) groups is 3. The number of hydrogen-bond acceptors (Lipinski definition) is 3. The molecule has 0 aliphatic carbocycles. The van der Waals surface area contributed by atoms with Gasteiger partial charge in [-0.1, -0.05) is 30.3 Å². The standard InChI is InChI=1S/C18H27N3O3/c1-13(2)19-17(23)11-21(4)12-18(24)20-16(14(3)22)10-15-8-6-5-7-9-15/h5-9,13,16H,10-12H2,1-4H3,(H,19,23)(H,20,24)/p+1/t16-/m1/s1. The van der Waals surface area contributed by atoms with Crippen LogP contribution < -0.4 is 15.5 Å². The molecule has 0 radical (unpaired) electrons. The van der Waals surface area contributed by atoms with Crippen LogP contribution in [0, 0.1) is 0 Å². The van der Waals surface area contributed by atoms with Gasteiger partial charge in [0.05, 0.1) is 13.1 Å². The second-order valence-electron chi connectivity index (χ2n) is 6.45. The summed E-state index contributed by atoms with van der Waals surface area (Å²) >= 11 is 0. The van der Waals surface area contributed by atoms with Crippen molar-refractivity contribution in [2.24, 2.45) is 0 Å². The van der Waals surface area contributed by atoms with Gasteiger partial charge in [0.25, 0.3) is 11.8 Å². The number of hydrogen-bond donors (Lipinski definition) is 3. The third-order valence-electron chi connectivity index (χ3n) is 3.48. The van der Waals surface area contributed by atoms with E-state index in [-0.39, 0.29) is 36.7 Å². The second kappa shape index (κ2) is 9.82. The smallest absolute Gasteiger partial charge is 0.275 e. The highest BCUT2D eigenvalue weighted by molar-refractivity contribution is 5.88. The third kappa shape index (κ3) is 7.87. The van der Waals surface area contributed by atoms with Crippen molar-refractivity contribution in [1.82, 2.24) is 10.6 Å². The molecule has 1 aromatic rings. The first-order valence-electron chi connectivity index (χ1n) is 8.22. The number of likely N-dealkylation sites (N-methyl/N-ethyl adjacent to an activating group) is 1. The fourth-order valence-corrected chi connectivity index (χ4v) is 2.38. The van der Waals surface area contributed by atoms with Crippen molar-refractivity contribution < 1.29 is 19.3 Å². The molecule has 3 N–H and O–H groups in total. The van der Waals surface area contributed by atoms with Gasteiger partial charge < -0.3 is 15.5 Å². The number of rotatable bonds is 9. The predicted octanol–water partition coefficient (Wildman–Crippen LogP) is -0.658. The van der Waals surface area contributed by atoms with E-state index in [1.54, 1.807) is 7.05 Å².